The maximum absolute atomic E-state index is 12.9. The van der Waals surface area contributed by atoms with Crippen LogP contribution in [0.15, 0.2) is 53.0 Å². The number of para-hydroxylation sites is 1. The Morgan fingerprint density at radius 1 is 1.20 bits per heavy atom. The highest BCUT2D eigenvalue weighted by Gasteiger charge is 2.23. The van der Waals surface area contributed by atoms with Crippen molar-refractivity contribution in [2.45, 2.75) is 31.9 Å². The molecule has 1 heterocycles. The molecule has 1 saturated heterocycles. The van der Waals surface area contributed by atoms with Crippen LogP contribution in [0.4, 0.5) is 0 Å². The van der Waals surface area contributed by atoms with Gasteiger partial charge in [-0.25, -0.2) is 0 Å². The number of benzene rings is 2. The number of phenolic OH excluding ortho intramolecular Hbond substituents is 1. The molecule has 132 valence electrons. The minimum absolute atomic E-state index is 0.0427. The average Bonchev–Trinajstić information content (AvgIpc) is 3.11. The van der Waals surface area contributed by atoms with Gasteiger partial charge in [-0.05, 0) is 36.6 Å². The van der Waals surface area contributed by atoms with E-state index in [9.17, 15) is 9.90 Å². The Bertz CT molecular complexity index is 711. The number of nitrogens with zero attached hydrogens (tertiary/aromatic N) is 1. The zero-order valence-electron chi connectivity index (χ0n) is 14.0. The zero-order chi connectivity index (χ0) is 17.6. The maximum atomic E-state index is 12.9. The molecule has 25 heavy (non-hydrogen) atoms. The first kappa shape index (κ1) is 18.0. The summed E-state index contributed by atoms with van der Waals surface area (Å²) >= 11 is 3.41. The van der Waals surface area contributed by atoms with Crippen molar-refractivity contribution < 1.29 is 14.6 Å². The van der Waals surface area contributed by atoms with Crippen LogP contribution in [0.2, 0.25) is 0 Å². The van der Waals surface area contributed by atoms with E-state index in [1.165, 1.54) is 0 Å². The predicted molar refractivity (Wildman–Crippen MR) is 100 cm³/mol. The number of ether oxygens (including phenoxy) is 1. The third-order valence-electron chi connectivity index (χ3n) is 4.42. The Labute approximate surface area is 156 Å². The van der Waals surface area contributed by atoms with E-state index in [1.54, 1.807) is 17.0 Å². The highest BCUT2D eigenvalue weighted by molar-refractivity contribution is 9.10. The summed E-state index contributed by atoms with van der Waals surface area (Å²) < 4.78 is 6.70. The number of amides is 1. The summed E-state index contributed by atoms with van der Waals surface area (Å²) in [4.78, 5) is 14.7. The van der Waals surface area contributed by atoms with E-state index < -0.39 is 0 Å². The van der Waals surface area contributed by atoms with Gasteiger partial charge in [0.05, 0.1) is 12.5 Å². The van der Waals surface area contributed by atoms with Crippen LogP contribution < -0.4 is 0 Å². The monoisotopic (exact) mass is 403 g/mol. The molecule has 1 atom stereocenters. The fraction of sp³-hybridized carbons (Fsp3) is 0.350. The lowest BCUT2D eigenvalue weighted by atomic mass is 10.1. The van der Waals surface area contributed by atoms with Crippen LogP contribution in [0.5, 0.6) is 5.75 Å². The summed E-state index contributed by atoms with van der Waals surface area (Å²) in [7, 11) is 0. The normalized spacial score (nSPS) is 16.8. The summed E-state index contributed by atoms with van der Waals surface area (Å²) in [5.41, 5.74) is 1.73. The van der Waals surface area contributed by atoms with Crippen molar-refractivity contribution in [2.75, 3.05) is 13.2 Å². The summed E-state index contributed by atoms with van der Waals surface area (Å²) in [5, 5.41) is 10.0. The lowest BCUT2D eigenvalue weighted by molar-refractivity contribution is -0.132. The zero-order valence-corrected chi connectivity index (χ0v) is 15.6. The molecule has 3 rings (SSSR count). The molecule has 1 N–H and O–H groups in total. The predicted octanol–water partition coefficient (Wildman–Crippen LogP) is 3.91. The topological polar surface area (TPSA) is 49.8 Å². The molecular formula is C20H22BrNO3. The quantitative estimate of drug-likeness (QED) is 0.795. The third-order valence-corrected chi connectivity index (χ3v) is 4.95. The molecular weight excluding hydrogens is 382 g/mol. The molecule has 0 spiro atoms. The fourth-order valence-electron chi connectivity index (χ4n) is 3.03. The third kappa shape index (κ3) is 5.06. The first-order valence-electron chi connectivity index (χ1n) is 8.52. The molecule has 2 aromatic rings. The standard InChI is InChI=1S/C20H22BrNO3/c21-17-9-7-15(8-10-17)12-20(24)22(14-18-5-3-11-25-18)13-16-4-1-2-6-19(16)23/h1-2,4,6-10,18,23H,3,5,11-14H2. The number of hydrogen-bond donors (Lipinski definition) is 1. The first-order chi connectivity index (χ1) is 12.1. The Balaban J connectivity index is 1.73. The molecule has 1 fully saturated rings. The van der Waals surface area contributed by atoms with Crippen molar-refractivity contribution in [3.8, 4) is 5.75 Å². The second kappa shape index (κ2) is 8.50. The molecule has 1 amide bonds. The highest BCUT2D eigenvalue weighted by atomic mass is 79.9. The largest absolute Gasteiger partial charge is 0.508 e. The van der Waals surface area contributed by atoms with Crippen molar-refractivity contribution in [3.05, 3.63) is 64.1 Å². The van der Waals surface area contributed by atoms with E-state index in [0.717, 1.165) is 35.0 Å². The molecule has 0 saturated carbocycles. The molecule has 2 aromatic carbocycles. The van der Waals surface area contributed by atoms with E-state index in [1.807, 2.05) is 36.4 Å². The maximum Gasteiger partial charge on any atom is 0.227 e. The Morgan fingerprint density at radius 3 is 2.64 bits per heavy atom. The van der Waals surface area contributed by atoms with Gasteiger partial charge in [-0.1, -0.05) is 46.3 Å². The molecule has 1 unspecified atom stereocenters. The molecule has 1 aliphatic rings. The average molecular weight is 404 g/mol. The van der Waals surface area contributed by atoms with Gasteiger partial charge in [-0.3, -0.25) is 4.79 Å². The van der Waals surface area contributed by atoms with Crippen molar-refractivity contribution >= 4 is 21.8 Å². The Hall–Kier alpha value is -1.85. The number of hydrogen-bond acceptors (Lipinski definition) is 3. The van der Waals surface area contributed by atoms with Crippen molar-refractivity contribution in [3.63, 3.8) is 0 Å². The smallest absolute Gasteiger partial charge is 0.227 e. The van der Waals surface area contributed by atoms with Gasteiger partial charge in [0, 0.05) is 29.7 Å². The number of rotatable bonds is 6. The van der Waals surface area contributed by atoms with Gasteiger partial charge < -0.3 is 14.7 Å². The molecule has 1 aliphatic heterocycles. The Morgan fingerprint density at radius 2 is 1.96 bits per heavy atom. The minimum Gasteiger partial charge on any atom is -0.508 e. The van der Waals surface area contributed by atoms with Crippen LogP contribution in [0.25, 0.3) is 0 Å². The first-order valence-corrected chi connectivity index (χ1v) is 9.32. The van der Waals surface area contributed by atoms with Gasteiger partial charge in [-0.15, -0.1) is 0 Å². The lowest BCUT2D eigenvalue weighted by Gasteiger charge is -2.26. The number of carbonyl (C=O) groups is 1. The SMILES string of the molecule is O=C(Cc1ccc(Br)cc1)N(Cc1ccccc1O)CC1CCCO1. The van der Waals surface area contributed by atoms with E-state index in [4.69, 9.17) is 4.74 Å². The summed E-state index contributed by atoms with van der Waals surface area (Å²) in [6.45, 7) is 1.71. The Kier molecular flexibility index (Phi) is 6.10. The van der Waals surface area contributed by atoms with Crippen LogP contribution in [-0.4, -0.2) is 35.2 Å². The van der Waals surface area contributed by atoms with Crippen LogP contribution in [-0.2, 0) is 22.5 Å². The molecule has 0 radical (unpaired) electrons. The van der Waals surface area contributed by atoms with E-state index in [0.29, 0.717) is 19.5 Å². The van der Waals surface area contributed by atoms with Crippen LogP contribution in [0, 0.1) is 0 Å². The van der Waals surface area contributed by atoms with Gasteiger partial charge in [0.2, 0.25) is 5.91 Å². The van der Waals surface area contributed by atoms with Crippen LogP contribution in [0.1, 0.15) is 24.0 Å². The number of phenols is 1. The molecule has 5 heteroatoms. The lowest BCUT2D eigenvalue weighted by Crippen LogP contribution is -2.37. The molecule has 0 bridgehead atoms. The summed E-state index contributed by atoms with van der Waals surface area (Å²) in [5.74, 6) is 0.261. The van der Waals surface area contributed by atoms with Crippen molar-refractivity contribution in [2.24, 2.45) is 0 Å². The summed E-state index contributed by atoms with van der Waals surface area (Å²) in [6, 6.07) is 14.9. The van der Waals surface area contributed by atoms with Crippen LogP contribution >= 0.6 is 15.9 Å². The van der Waals surface area contributed by atoms with Gasteiger partial charge in [0.15, 0.2) is 0 Å². The minimum atomic E-state index is 0.0427. The van der Waals surface area contributed by atoms with Gasteiger partial charge in [-0.2, -0.15) is 0 Å². The number of aromatic hydroxyl groups is 1. The number of carbonyl (C=O) groups excluding carboxylic acids is 1. The van der Waals surface area contributed by atoms with Gasteiger partial charge >= 0.3 is 0 Å². The second-order valence-corrected chi connectivity index (χ2v) is 7.26. The number of halogens is 1. The highest BCUT2D eigenvalue weighted by Crippen LogP contribution is 2.21. The van der Waals surface area contributed by atoms with E-state index in [-0.39, 0.29) is 17.8 Å². The molecule has 0 aromatic heterocycles. The van der Waals surface area contributed by atoms with Crippen LogP contribution in [0.3, 0.4) is 0 Å². The second-order valence-electron chi connectivity index (χ2n) is 6.34. The van der Waals surface area contributed by atoms with Crippen molar-refractivity contribution in [1.29, 1.82) is 0 Å². The van der Waals surface area contributed by atoms with Crippen molar-refractivity contribution in [1.82, 2.24) is 4.90 Å². The van der Waals surface area contributed by atoms with E-state index >= 15 is 0 Å². The molecule has 0 aliphatic carbocycles. The summed E-state index contributed by atoms with van der Waals surface area (Å²) in [6.07, 6.45) is 2.44. The van der Waals surface area contributed by atoms with Gasteiger partial charge in [0.25, 0.3) is 0 Å². The fourth-order valence-corrected chi connectivity index (χ4v) is 3.29. The van der Waals surface area contributed by atoms with Gasteiger partial charge in [0.1, 0.15) is 5.75 Å². The molecule has 4 nitrogen and oxygen atoms in total. The van der Waals surface area contributed by atoms with E-state index in [2.05, 4.69) is 15.9 Å².